The molecule has 19 heavy (non-hydrogen) atoms. The summed E-state index contributed by atoms with van der Waals surface area (Å²) < 4.78 is 6.38. The lowest BCUT2D eigenvalue weighted by Gasteiger charge is -2.11. The molecule has 0 aliphatic carbocycles. The molecule has 0 unspecified atom stereocenters. The van der Waals surface area contributed by atoms with Gasteiger partial charge in [0, 0.05) is 11.0 Å². The Morgan fingerprint density at radius 1 is 1.26 bits per heavy atom. The normalized spacial score (nSPS) is 10.2. The number of hydrogen-bond donors (Lipinski definition) is 2. The largest absolute Gasteiger partial charge is 0.476 e. The number of ether oxygens (including phenoxy) is 1. The van der Waals surface area contributed by atoms with Gasteiger partial charge in [0.15, 0.2) is 5.82 Å². The highest BCUT2D eigenvalue weighted by atomic mass is 79.9. The summed E-state index contributed by atoms with van der Waals surface area (Å²) >= 11 is 3.40. The zero-order valence-electron chi connectivity index (χ0n) is 10.6. The minimum Gasteiger partial charge on any atom is -0.476 e. The van der Waals surface area contributed by atoms with E-state index < -0.39 is 0 Å². The second kappa shape index (κ2) is 6.38. The van der Waals surface area contributed by atoms with E-state index in [2.05, 4.69) is 31.2 Å². The van der Waals surface area contributed by atoms with Crippen LogP contribution >= 0.6 is 15.9 Å². The van der Waals surface area contributed by atoms with Gasteiger partial charge in [-0.15, -0.1) is 0 Å². The van der Waals surface area contributed by atoms with Gasteiger partial charge >= 0.3 is 0 Å². The molecule has 0 aliphatic heterocycles. The third-order valence-electron chi connectivity index (χ3n) is 2.50. The number of aromatic nitrogens is 2. The highest BCUT2D eigenvalue weighted by molar-refractivity contribution is 9.10. The molecule has 0 fully saturated rings. The number of halogens is 1. The van der Waals surface area contributed by atoms with Gasteiger partial charge in [0.25, 0.3) is 0 Å². The second-order valence-corrected chi connectivity index (χ2v) is 4.77. The van der Waals surface area contributed by atoms with Crippen molar-refractivity contribution >= 4 is 27.4 Å². The van der Waals surface area contributed by atoms with E-state index >= 15 is 0 Å². The van der Waals surface area contributed by atoms with Crippen LogP contribution < -0.4 is 15.8 Å². The van der Waals surface area contributed by atoms with Gasteiger partial charge in [0.1, 0.15) is 12.0 Å². The molecule has 6 heteroatoms. The smallest absolute Gasteiger partial charge is 0.242 e. The molecule has 5 nitrogen and oxygen atoms in total. The van der Waals surface area contributed by atoms with E-state index in [4.69, 9.17) is 10.5 Å². The molecule has 0 spiro atoms. The minimum atomic E-state index is 0.413. The van der Waals surface area contributed by atoms with Crippen molar-refractivity contribution in [1.82, 2.24) is 9.97 Å². The van der Waals surface area contributed by atoms with Crippen molar-refractivity contribution in [1.29, 1.82) is 0 Å². The molecule has 2 aromatic rings. The highest BCUT2D eigenvalue weighted by Crippen LogP contribution is 2.24. The van der Waals surface area contributed by atoms with E-state index in [9.17, 15) is 0 Å². The van der Waals surface area contributed by atoms with Crippen molar-refractivity contribution in [2.45, 2.75) is 13.5 Å². The molecule has 0 bridgehead atoms. The molecular weight excluding hydrogens is 308 g/mol. The number of nitrogen functional groups attached to an aromatic ring is 1. The number of rotatable bonds is 5. The number of anilines is 2. The van der Waals surface area contributed by atoms with Crippen LogP contribution in [0.4, 0.5) is 11.5 Å². The minimum absolute atomic E-state index is 0.413. The summed E-state index contributed by atoms with van der Waals surface area (Å²) in [5, 5.41) is 3.18. The molecule has 100 valence electrons. The molecule has 1 aromatic carbocycles. The van der Waals surface area contributed by atoms with Crippen LogP contribution in [0.5, 0.6) is 5.88 Å². The van der Waals surface area contributed by atoms with E-state index in [1.165, 1.54) is 6.33 Å². The molecule has 3 N–H and O–H groups in total. The predicted molar refractivity (Wildman–Crippen MR) is 79.1 cm³/mol. The van der Waals surface area contributed by atoms with Crippen LogP contribution in [0.25, 0.3) is 0 Å². The Labute approximate surface area is 120 Å². The lowest BCUT2D eigenvalue weighted by molar-refractivity contribution is 0.328. The molecule has 0 saturated carbocycles. The van der Waals surface area contributed by atoms with Gasteiger partial charge in [-0.3, -0.25) is 0 Å². The van der Waals surface area contributed by atoms with E-state index in [1.54, 1.807) is 0 Å². The van der Waals surface area contributed by atoms with Crippen LogP contribution in [-0.4, -0.2) is 16.6 Å². The van der Waals surface area contributed by atoms with Crippen molar-refractivity contribution in [2.75, 3.05) is 17.7 Å². The number of nitrogens with two attached hydrogens (primary N) is 1. The van der Waals surface area contributed by atoms with Crippen molar-refractivity contribution in [2.24, 2.45) is 0 Å². The SMILES string of the molecule is CCOc1ncnc(NCc2ccc(Br)cc2)c1N. The number of nitrogens with one attached hydrogen (secondary N) is 1. The molecule has 2 rings (SSSR count). The summed E-state index contributed by atoms with van der Waals surface area (Å²) in [5.74, 6) is 0.997. The lowest BCUT2D eigenvalue weighted by atomic mass is 10.2. The number of nitrogens with zero attached hydrogens (tertiary/aromatic N) is 2. The van der Waals surface area contributed by atoms with Crippen LogP contribution in [0.1, 0.15) is 12.5 Å². The second-order valence-electron chi connectivity index (χ2n) is 3.85. The van der Waals surface area contributed by atoms with E-state index in [0.29, 0.717) is 30.5 Å². The summed E-state index contributed by atoms with van der Waals surface area (Å²) in [6.45, 7) is 3.05. The Bertz CT molecular complexity index is 545. The standard InChI is InChI=1S/C13H15BrN4O/c1-2-19-13-11(15)12(17-8-18-13)16-7-9-3-5-10(14)6-4-9/h3-6,8H,2,7,15H2,1H3,(H,16,17,18). The fraction of sp³-hybridized carbons (Fsp3) is 0.231. The zero-order chi connectivity index (χ0) is 13.7. The van der Waals surface area contributed by atoms with Crippen LogP contribution in [0.2, 0.25) is 0 Å². The van der Waals surface area contributed by atoms with Crippen molar-refractivity contribution < 1.29 is 4.74 Å². The summed E-state index contributed by atoms with van der Waals surface area (Å²) in [5.41, 5.74) is 7.51. The van der Waals surface area contributed by atoms with Gasteiger partial charge in [-0.05, 0) is 24.6 Å². The van der Waals surface area contributed by atoms with Crippen LogP contribution in [0, 0.1) is 0 Å². The molecule has 0 amide bonds. The first-order valence-corrected chi connectivity index (χ1v) is 6.71. The van der Waals surface area contributed by atoms with E-state index in [0.717, 1.165) is 10.0 Å². The Balaban J connectivity index is 2.07. The Morgan fingerprint density at radius 2 is 2.00 bits per heavy atom. The fourth-order valence-electron chi connectivity index (χ4n) is 1.56. The van der Waals surface area contributed by atoms with Crippen LogP contribution in [0.3, 0.4) is 0 Å². The Hall–Kier alpha value is -1.82. The van der Waals surface area contributed by atoms with Gasteiger partial charge < -0.3 is 15.8 Å². The summed E-state index contributed by atoms with van der Waals surface area (Å²) in [4.78, 5) is 8.11. The average molecular weight is 323 g/mol. The molecule has 0 radical (unpaired) electrons. The molecular formula is C13H15BrN4O. The number of hydrogen-bond acceptors (Lipinski definition) is 5. The number of benzene rings is 1. The first-order chi connectivity index (χ1) is 9.20. The van der Waals surface area contributed by atoms with Crippen molar-refractivity contribution in [3.05, 3.63) is 40.6 Å². The Morgan fingerprint density at radius 3 is 2.68 bits per heavy atom. The maximum Gasteiger partial charge on any atom is 0.242 e. The topological polar surface area (TPSA) is 73.1 Å². The third-order valence-corrected chi connectivity index (χ3v) is 3.03. The van der Waals surface area contributed by atoms with Crippen molar-refractivity contribution in [3.63, 3.8) is 0 Å². The highest BCUT2D eigenvalue weighted by Gasteiger charge is 2.08. The molecule has 1 aromatic heterocycles. The zero-order valence-corrected chi connectivity index (χ0v) is 12.1. The van der Waals surface area contributed by atoms with Gasteiger partial charge in [0.2, 0.25) is 5.88 Å². The van der Waals surface area contributed by atoms with Gasteiger partial charge in [-0.2, -0.15) is 4.98 Å². The molecule has 1 heterocycles. The predicted octanol–water partition coefficient (Wildman–Crippen LogP) is 2.83. The lowest BCUT2D eigenvalue weighted by Crippen LogP contribution is -2.07. The fourth-order valence-corrected chi connectivity index (χ4v) is 1.82. The third kappa shape index (κ3) is 3.57. The average Bonchev–Trinajstić information content (AvgIpc) is 2.42. The maximum atomic E-state index is 5.94. The quantitative estimate of drug-likeness (QED) is 0.885. The van der Waals surface area contributed by atoms with Gasteiger partial charge in [-0.1, -0.05) is 28.1 Å². The molecule has 0 aliphatic rings. The maximum absolute atomic E-state index is 5.94. The molecule has 0 atom stereocenters. The van der Waals surface area contributed by atoms with Gasteiger partial charge in [-0.25, -0.2) is 4.98 Å². The van der Waals surface area contributed by atoms with Crippen molar-refractivity contribution in [3.8, 4) is 5.88 Å². The summed E-state index contributed by atoms with van der Waals surface area (Å²) in [6.07, 6.45) is 1.44. The van der Waals surface area contributed by atoms with E-state index in [1.807, 2.05) is 31.2 Å². The summed E-state index contributed by atoms with van der Waals surface area (Å²) in [6, 6.07) is 8.04. The monoisotopic (exact) mass is 322 g/mol. The van der Waals surface area contributed by atoms with E-state index in [-0.39, 0.29) is 0 Å². The summed E-state index contributed by atoms with van der Waals surface area (Å²) in [7, 11) is 0. The van der Waals surface area contributed by atoms with Gasteiger partial charge in [0.05, 0.1) is 6.61 Å². The molecule has 0 saturated heterocycles. The van der Waals surface area contributed by atoms with Crippen LogP contribution in [-0.2, 0) is 6.54 Å². The first kappa shape index (κ1) is 13.6. The Kier molecular flexibility index (Phi) is 4.57. The van der Waals surface area contributed by atoms with Crippen LogP contribution in [0.15, 0.2) is 35.1 Å². The first-order valence-electron chi connectivity index (χ1n) is 5.92.